The van der Waals surface area contributed by atoms with Crippen LogP contribution in [0.5, 0.6) is 0 Å². The third-order valence-electron chi connectivity index (χ3n) is 5.21. The number of esters is 1. The molecule has 148 valence electrons. The zero-order valence-electron chi connectivity index (χ0n) is 16.4. The van der Waals surface area contributed by atoms with Crippen molar-refractivity contribution < 1.29 is 19.1 Å². The van der Waals surface area contributed by atoms with Gasteiger partial charge >= 0.3 is 5.97 Å². The molecule has 29 heavy (non-hydrogen) atoms. The van der Waals surface area contributed by atoms with Crippen molar-refractivity contribution >= 4 is 29.2 Å². The third-order valence-corrected chi connectivity index (χ3v) is 5.21. The molecule has 0 aromatic heterocycles. The van der Waals surface area contributed by atoms with Crippen molar-refractivity contribution in [2.24, 2.45) is 16.8 Å². The maximum atomic E-state index is 13.4. The van der Waals surface area contributed by atoms with Gasteiger partial charge in [-0.3, -0.25) is 14.5 Å². The van der Waals surface area contributed by atoms with Crippen LogP contribution in [0.3, 0.4) is 0 Å². The highest BCUT2D eigenvalue weighted by Crippen LogP contribution is 2.45. The van der Waals surface area contributed by atoms with Gasteiger partial charge in [0.2, 0.25) is 17.5 Å². The van der Waals surface area contributed by atoms with E-state index in [0.717, 1.165) is 0 Å². The van der Waals surface area contributed by atoms with Crippen LogP contribution in [0.4, 0.5) is 5.69 Å². The van der Waals surface area contributed by atoms with Crippen molar-refractivity contribution in [3.63, 3.8) is 0 Å². The Morgan fingerprint density at radius 3 is 2.28 bits per heavy atom. The Morgan fingerprint density at radius 1 is 1.03 bits per heavy atom. The Bertz CT molecular complexity index is 984. The van der Waals surface area contributed by atoms with Crippen molar-refractivity contribution in [3.8, 4) is 0 Å². The van der Waals surface area contributed by atoms with Gasteiger partial charge in [0.25, 0.3) is 0 Å². The van der Waals surface area contributed by atoms with E-state index in [1.807, 2.05) is 26.0 Å². The molecule has 0 bridgehead atoms. The molecule has 2 aromatic rings. The van der Waals surface area contributed by atoms with Crippen LogP contribution in [0.2, 0.25) is 0 Å². The van der Waals surface area contributed by atoms with Gasteiger partial charge in [-0.05, 0) is 24.5 Å². The largest absolute Gasteiger partial charge is 0.427 e. The van der Waals surface area contributed by atoms with E-state index in [1.54, 1.807) is 48.5 Å². The summed E-state index contributed by atoms with van der Waals surface area (Å²) in [5.41, 5.74) is -0.113. The Balaban J connectivity index is 1.80. The third kappa shape index (κ3) is 3.24. The molecule has 0 spiro atoms. The number of aliphatic imine (C=N–C) groups is 1. The van der Waals surface area contributed by atoms with Crippen LogP contribution in [-0.2, 0) is 24.8 Å². The topological polar surface area (TPSA) is 76.0 Å². The summed E-state index contributed by atoms with van der Waals surface area (Å²) in [5, 5.41) is 0. The van der Waals surface area contributed by atoms with Crippen LogP contribution in [-0.4, -0.2) is 23.5 Å². The highest BCUT2D eigenvalue weighted by Gasteiger charge is 2.58. The van der Waals surface area contributed by atoms with Crippen LogP contribution in [0.1, 0.15) is 32.3 Å². The van der Waals surface area contributed by atoms with Gasteiger partial charge in [0, 0.05) is 12.0 Å². The second-order valence-corrected chi connectivity index (χ2v) is 7.77. The normalized spacial score (nSPS) is 24.2. The number of carbonyl (C=O) groups is 3. The number of cyclic esters (lactones) is 1. The Kier molecular flexibility index (Phi) is 4.78. The van der Waals surface area contributed by atoms with Crippen molar-refractivity contribution in [2.75, 3.05) is 4.90 Å². The van der Waals surface area contributed by atoms with E-state index in [-0.39, 0.29) is 18.2 Å². The number of amides is 2. The Labute approximate surface area is 169 Å². The molecule has 0 N–H and O–H groups in total. The monoisotopic (exact) mass is 390 g/mol. The molecule has 0 radical (unpaired) electrons. The van der Waals surface area contributed by atoms with Crippen LogP contribution < -0.4 is 4.90 Å². The van der Waals surface area contributed by atoms with Crippen molar-refractivity contribution in [2.45, 2.75) is 32.4 Å². The molecule has 6 nitrogen and oxygen atoms in total. The van der Waals surface area contributed by atoms with E-state index in [2.05, 4.69) is 4.99 Å². The summed E-state index contributed by atoms with van der Waals surface area (Å²) >= 11 is 0. The molecule has 2 heterocycles. The lowest BCUT2D eigenvalue weighted by molar-refractivity contribution is -0.156. The lowest BCUT2D eigenvalue weighted by Gasteiger charge is -2.30. The van der Waals surface area contributed by atoms with E-state index in [1.165, 1.54) is 4.90 Å². The van der Waals surface area contributed by atoms with Gasteiger partial charge in [0.15, 0.2) is 0 Å². The summed E-state index contributed by atoms with van der Waals surface area (Å²) in [5.74, 6) is -1.97. The average Bonchev–Trinajstić information content (AvgIpc) is 3.20. The zero-order chi connectivity index (χ0) is 20.6. The minimum Gasteiger partial charge on any atom is -0.427 e. The summed E-state index contributed by atoms with van der Waals surface area (Å²) in [6.07, 6.45) is 0.374. The first kappa shape index (κ1) is 19.1. The molecule has 2 atom stereocenters. The average molecular weight is 390 g/mol. The SMILES string of the molecule is CC(C)CC1=NC(c2ccccc2)(C2CC(=O)N(c3ccccc3)C2=O)OC1=O. The van der Waals surface area contributed by atoms with Crippen LogP contribution in [0, 0.1) is 11.8 Å². The van der Waals surface area contributed by atoms with E-state index >= 15 is 0 Å². The molecular weight excluding hydrogens is 368 g/mol. The number of ether oxygens (including phenoxy) is 1. The number of rotatable bonds is 5. The van der Waals surface area contributed by atoms with E-state index in [9.17, 15) is 14.4 Å². The molecule has 2 aromatic carbocycles. The Morgan fingerprint density at radius 2 is 1.66 bits per heavy atom. The fourth-order valence-corrected chi connectivity index (χ4v) is 3.92. The first-order valence-corrected chi connectivity index (χ1v) is 9.72. The fraction of sp³-hybridized carbons (Fsp3) is 0.304. The molecule has 0 aliphatic carbocycles. The second kappa shape index (κ2) is 7.28. The molecule has 1 saturated heterocycles. The standard InChI is InChI=1S/C23H22N2O4/c1-15(2)13-19-22(28)29-23(24-19,16-9-5-3-6-10-16)18-14-20(26)25(21(18)27)17-11-7-4-8-12-17/h3-12,15,18H,13-14H2,1-2H3. The van der Waals surface area contributed by atoms with Gasteiger partial charge in [-0.1, -0.05) is 62.4 Å². The van der Waals surface area contributed by atoms with Gasteiger partial charge in [-0.15, -0.1) is 0 Å². The Hall–Kier alpha value is -3.28. The summed E-state index contributed by atoms with van der Waals surface area (Å²) in [6.45, 7) is 3.97. The highest BCUT2D eigenvalue weighted by atomic mass is 16.6. The van der Waals surface area contributed by atoms with E-state index < -0.39 is 23.5 Å². The molecule has 1 fully saturated rings. The number of imide groups is 1. The van der Waals surface area contributed by atoms with Crippen LogP contribution >= 0.6 is 0 Å². The number of hydrogen-bond acceptors (Lipinski definition) is 5. The molecule has 2 aliphatic heterocycles. The van der Waals surface area contributed by atoms with Gasteiger partial charge in [0.05, 0.1) is 5.69 Å². The molecule has 2 aliphatic rings. The van der Waals surface area contributed by atoms with Crippen LogP contribution in [0.25, 0.3) is 0 Å². The quantitative estimate of drug-likeness (QED) is 0.579. The van der Waals surface area contributed by atoms with Crippen molar-refractivity contribution in [1.29, 1.82) is 0 Å². The molecule has 4 rings (SSSR count). The van der Waals surface area contributed by atoms with E-state index in [0.29, 0.717) is 23.4 Å². The number of benzene rings is 2. The maximum absolute atomic E-state index is 13.4. The summed E-state index contributed by atoms with van der Waals surface area (Å²) in [4.78, 5) is 44.6. The lowest BCUT2D eigenvalue weighted by atomic mass is 9.87. The number of carbonyl (C=O) groups excluding carboxylic acids is 3. The molecule has 0 saturated carbocycles. The predicted molar refractivity (Wildman–Crippen MR) is 108 cm³/mol. The molecule has 2 amide bonds. The molecule has 6 heteroatoms. The summed E-state index contributed by atoms with van der Waals surface area (Å²) in [6, 6.07) is 17.8. The van der Waals surface area contributed by atoms with Gasteiger partial charge in [-0.25, -0.2) is 9.79 Å². The minimum absolute atomic E-state index is 0.0750. The summed E-state index contributed by atoms with van der Waals surface area (Å²) < 4.78 is 5.79. The molecule has 2 unspecified atom stereocenters. The second-order valence-electron chi connectivity index (χ2n) is 7.77. The smallest absolute Gasteiger partial charge is 0.354 e. The molecular formula is C23H22N2O4. The fourth-order valence-electron chi connectivity index (χ4n) is 3.92. The lowest BCUT2D eigenvalue weighted by Crippen LogP contribution is -2.40. The number of nitrogens with zero attached hydrogens (tertiary/aromatic N) is 2. The van der Waals surface area contributed by atoms with Gasteiger partial charge in [0.1, 0.15) is 11.6 Å². The van der Waals surface area contributed by atoms with Gasteiger partial charge < -0.3 is 4.74 Å². The van der Waals surface area contributed by atoms with Gasteiger partial charge in [-0.2, -0.15) is 0 Å². The van der Waals surface area contributed by atoms with Crippen LogP contribution in [0.15, 0.2) is 65.7 Å². The predicted octanol–water partition coefficient (Wildman–Crippen LogP) is 3.46. The first-order valence-electron chi connectivity index (χ1n) is 9.72. The minimum atomic E-state index is -1.52. The highest BCUT2D eigenvalue weighted by molar-refractivity contribution is 6.38. The maximum Gasteiger partial charge on any atom is 0.354 e. The number of anilines is 1. The number of para-hydroxylation sites is 1. The number of hydrogen-bond donors (Lipinski definition) is 0. The van der Waals surface area contributed by atoms with Crippen molar-refractivity contribution in [3.05, 3.63) is 66.2 Å². The van der Waals surface area contributed by atoms with Crippen molar-refractivity contribution in [1.82, 2.24) is 0 Å². The summed E-state index contributed by atoms with van der Waals surface area (Å²) in [7, 11) is 0. The van der Waals surface area contributed by atoms with E-state index in [4.69, 9.17) is 4.74 Å². The zero-order valence-corrected chi connectivity index (χ0v) is 16.4. The first-order chi connectivity index (χ1) is 13.9.